The van der Waals surface area contributed by atoms with Crippen LogP contribution < -0.4 is 0 Å². The first-order chi connectivity index (χ1) is 9.71. The summed E-state index contributed by atoms with van der Waals surface area (Å²) in [7, 11) is 0. The van der Waals surface area contributed by atoms with Gasteiger partial charge < -0.3 is 0 Å². The van der Waals surface area contributed by atoms with E-state index in [0.717, 1.165) is 30.3 Å². The van der Waals surface area contributed by atoms with Gasteiger partial charge in [-0.2, -0.15) is 13.2 Å². The Morgan fingerprint density at radius 1 is 1.00 bits per heavy atom. The van der Waals surface area contributed by atoms with Gasteiger partial charge in [0.25, 0.3) is 0 Å². The molecule has 0 unspecified atom stereocenters. The Bertz CT molecular complexity index is 689. The molecule has 0 radical (unpaired) electrons. The molecule has 0 bridgehead atoms. The monoisotopic (exact) mass is 364 g/mol. The number of ketones is 1. The van der Waals surface area contributed by atoms with Crippen molar-refractivity contribution in [2.75, 3.05) is 0 Å². The molecule has 0 saturated heterocycles. The summed E-state index contributed by atoms with van der Waals surface area (Å²) in [4.78, 5) is 12.1. The van der Waals surface area contributed by atoms with Crippen LogP contribution in [0.2, 0.25) is 0 Å². The molecule has 0 saturated carbocycles. The highest BCUT2D eigenvalue weighted by atomic mass is 79.9. The van der Waals surface area contributed by atoms with Crippen molar-refractivity contribution < 1.29 is 26.7 Å². The normalized spacial score (nSPS) is 11.5. The first kappa shape index (κ1) is 15.6. The minimum atomic E-state index is -4.66. The zero-order valence-electron chi connectivity index (χ0n) is 10.1. The maximum Gasteiger partial charge on any atom is 0.416 e. The molecule has 0 heterocycles. The predicted octanol–water partition coefficient (Wildman–Crippen LogP) is 4.98. The van der Waals surface area contributed by atoms with Gasteiger partial charge in [0.05, 0.1) is 11.1 Å². The summed E-state index contributed by atoms with van der Waals surface area (Å²) < 4.78 is 65.1. The second kappa shape index (κ2) is 5.55. The number of carbonyl (C=O) groups excluding carboxylic acids is 1. The molecule has 0 N–H and O–H groups in total. The van der Waals surface area contributed by atoms with Crippen LogP contribution in [0.1, 0.15) is 21.5 Å². The van der Waals surface area contributed by atoms with Crippen molar-refractivity contribution in [1.82, 2.24) is 0 Å². The third-order valence-corrected chi connectivity index (χ3v) is 3.42. The van der Waals surface area contributed by atoms with Crippen LogP contribution in [0, 0.1) is 11.6 Å². The molecule has 0 amide bonds. The second-order valence-electron chi connectivity index (χ2n) is 4.12. The van der Waals surface area contributed by atoms with E-state index < -0.39 is 40.3 Å². The lowest BCUT2D eigenvalue weighted by Crippen LogP contribution is -2.11. The highest BCUT2D eigenvalue weighted by Crippen LogP contribution is 2.33. The standard InChI is InChI=1S/C14H6BrF5O/c15-9-5-4-7(14(18,19)20)6-8(9)13(21)12-10(16)2-1-3-11(12)17/h1-6H. The average molecular weight is 365 g/mol. The quantitative estimate of drug-likeness (QED) is 0.542. The van der Waals surface area contributed by atoms with E-state index >= 15 is 0 Å². The van der Waals surface area contributed by atoms with E-state index in [1.165, 1.54) is 0 Å². The largest absolute Gasteiger partial charge is 0.416 e. The Kier molecular flexibility index (Phi) is 4.13. The van der Waals surface area contributed by atoms with Gasteiger partial charge in [-0.1, -0.05) is 22.0 Å². The van der Waals surface area contributed by atoms with Crippen LogP contribution in [0.5, 0.6) is 0 Å². The van der Waals surface area contributed by atoms with Crippen molar-refractivity contribution >= 4 is 21.7 Å². The topological polar surface area (TPSA) is 17.1 Å². The molecule has 0 atom stereocenters. The SMILES string of the molecule is O=C(c1cc(C(F)(F)F)ccc1Br)c1c(F)cccc1F. The molecule has 2 rings (SSSR count). The van der Waals surface area contributed by atoms with Gasteiger partial charge >= 0.3 is 6.18 Å². The van der Waals surface area contributed by atoms with E-state index in [4.69, 9.17) is 0 Å². The van der Waals surface area contributed by atoms with Crippen molar-refractivity contribution in [3.63, 3.8) is 0 Å². The van der Waals surface area contributed by atoms with Crippen LogP contribution in [0.15, 0.2) is 40.9 Å². The molecule has 0 aliphatic rings. The Balaban J connectivity index is 2.59. The number of alkyl halides is 3. The van der Waals surface area contributed by atoms with E-state index in [-0.39, 0.29) is 4.47 Å². The highest BCUT2D eigenvalue weighted by Gasteiger charge is 2.32. The molecule has 7 heteroatoms. The highest BCUT2D eigenvalue weighted by molar-refractivity contribution is 9.10. The number of carbonyl (C=O) groups is 1. The molecule has 110 valence electrons. The Hall–Kier alpha value is -1.76. The lowest BCUT2D eigenvalue weighted by atomic mass is 10.0. The van der Waals surface area contributed by atoms with E-state index in [1.807, 2.05) is 0 Å². The fourth-order valence-corrected chi connectivity index (χ4v) is 2.15. The van der Waals surface area contributed by atoms with Gasteiger partial charge in [0.1, 0.15) is 11.6 Å². The van der Waals surface area contributed by atoms with E-state index in [9.17, 15) is 26.7 Å². The summed E-state index contributed by atoms with van der Waals surface area (Å²) in [5, 5.41) is 0. The maximum absolute atomic E-state index is 13.6. The molecular formula is C14H6BrF5O. The molecule has 0 aliphatic heterocycles. The summed E-state index contributed by atoms with van der Waals surface area (Å²) in [5.74, 6) is -3.43. The van der Waals surface area contributed by atoms with Crippen molar-refractivity contribution in [1.29, 1.82) is 0 Å². The van der Waals surface area contributed by atoms with E-state index in [1.54, 1.807) is 0 Å². The lowest BCUT2D eigenvalue weighted by molar-refractivity contribution is -0.137. The molecule has 1 nitrogen and oxygen atoms in total. The molecule has 0 spiro atoms. The number of hydrogen-bond donors (Lipinski definition) is 0. The van der Waals surface area contributed by atoms with Gasteiger partial charge in [0.2, 0.25) is 0 Å². The van der Waals surface area contributed by atoms with Crippen LogP contribution >= 0.6 is 15.9 Å². The van der Waals surface area contributed by atoms with Gasteiger partial charge in [-0.25, -0.2) is 8.78 Å². The van der Waals surface area contributed by atoms with Crippen molar-refractivity contribution in [2.24, 2.45) is 0 Å². The Morgan fingerprint density at radius 2 is 1.57 bits per heavy atom. The maximum atomic E-state index is 13.6. The summed E-state index contributed by atoms with van der Waals surface area (Å²) in [6, 6.07) is 5.10. The van der Waals surface area contributed by atoms with Gasteiger partial charge in [-0.3, -0.25) is 4.79 Å². The lowest BCUT2D eigenvalue weighted by Gasteiger charge is -2.11. The number of benzene rings is 2. The van der Waals surface area contributed by atoms with Gasteiger partial charge in [0, 0.05) is 10.0 Å². The number of hydrogen-bond acceptors (Lipinski definition) is 1. The third kappa shape index (κ3) is 3.12. The Morgan fingerprint density at radius 3 is 2.10 bits per heavy atom. The fourth-order valence-electron chi connectivity index (χ4n) is 1.73. The van der Waals surface area contributed by atoms with Crippen molar-refractivity contribution in [2.45, 2.75) is 6.18 Å². The van der Waals surface area contributed by atoms with Gasteiger partial charge in [0.15, 0.2) is 5.78 Å². The van der Waals surface area contributed by atoms with Crippen LogP contribution in [-0.2, 0) is 6.18 Å². The van der Waals surface area contributed by atoms with E-state index in [2.05, 4.69) is 15.9 Å². The molecule has 0 aliphatic carbocycles. The van der Waals surface area contributed by atoms with Crippen molar-refractivity contribution in [3.8, 4) is 0 Å². The van der Waals surface area contributed by atoms with Crippen LogP contribution in [0.4, 0.5) is 22.0 Å². The molecule has 0 fully saturated rings. The third-order valence-electron chi connectivity index (χ3n) is 2.73. The number of rotatable bonds is 2. The summed E-state index contributed by atoms with van der Waals surface area (Å²) in [6.45, 7) is 0. The molecule has 2 aromatic rings. The zero-order valence-corrected chi connectivity index (χ0v) is 11.7. The first-order valence-corrected chi connectivity index (χ1v) is 6.36. The van der Waals surface area contributed by atoms with Crippen molar-refractivity contribution in [3.05, 3.63) is 69.2 Å². The fraction of sp³-hybridized carbons (Fsp3) is 0.0714. The summed E-state index contributed by atoms with van der Waals surface area (Å²) in [6.07, 6.45) is -4.66. The number of halogens is 6. The first-order valence-electron chi connectivity index (χ1n) is 5.57. The van der Waals surface area contributed by atoms with Crippen LogP contribution in [0.25, 0.3) is 0 Å². The Labute approximate surface area is 124 Å². The van der Waals surface area contributed by atoms with Gasteiger partial charge in [-0.15, -0.1) is 0 Å². The summed E-state index contributed by atoms with van der Waals surface area (Å²) in [5.41, 5.74) is -2.43. The molecule has 21 heavy (non-hydrogen) atoms. The molecule has 2 aromatic carbocycles. The predicted molar refractivity (Wildman–Crippen MR) is 68.9 cm³/mol. The molecule has 0 aromatic heterocycles. The minimum absolute atomic E-state index is 0.0168. The molecular weight excluding hydrogens is 359 g/mol. The van der Waals surface area contributed by atoms with Crippen LogP contribution in [0.3, 0.4) is 0 Å². The van der Waals surface area contributed by atoms with E-state index in [0.29, 0.717) is 6.07 Å². The van der Waals surface area contributed by atoms with Gasteiger partial charge in [-0.05, 0) is 30.3 Å². The minimum Gasteiger partial charge on any atom is -0.288 e. The average Bonchev–Trinajstić information content (AvgIpc) is 2.37. The summed E-state index contributed by atoms with van der Waals surface area (Å²) >= 11 is 2.91. The van der Waals surface area contributed by atoms with Crippen LogP contribution in [-0.4, -0.2) is 5.78 Å². The second-order valence-corrected chi connectivity index (χ2v) is 4.97. The zero-order chi connectivity index (χ0) is 15.8. The smallest absolute Gasteiger partial charge is 0.288 e.